The van der Waals surface area contributed by atoms with E-state index < -0.39 is 190 Å². The molecule has 4 amide bonds. The quantitative estimate of drug-likeness (QED) is 0.0191. The van der Waals surface area contributed by atoms with Gasteiger partial charge in [-0.2, -0.15) is 67.3 Å². The first-order valence-electron chi connectivity index (χ1n) is 43.1. The molecule has 0 aliphatic carbocycles. The van der Waals surface area contributed by atoms with Gasteiger partial charge in [-0.3, -0.25) is 69.6 Å². The van der Waals surface area contributed by atoms with Crippen molar-refractivity contribution in [2.24, 2.45) is 0 Å². The predicted molar refractivity (Wildman–Crippen MR) is 490 cm³/mol. The van der Waals surface area contributed by atoms with E-state index in [9.17, 15) is 123 Å². The summed E-state index contributed by atoms with van der Waals surface area (Å²) < 4.78 is 335. The van der Waals surface area contributed by atoms with Crippen LogP contribution in [-0.2, 0) is 120 Å². The monoisotopic (exact) mass is 2130 g/mol. The Bertz CT molecular complexity index is 5980. The van der Waals surface area contributed by atoms with Crippen molar-refractivity contribution in [2.45, 2.75) is 150 Å². The second-order valence-electron chi connectivity index (χ2n) is 30.5. The summed E-state index contributed by atoms with van der Waals surface area (Å²) in [4.78, 5) is 55.7. The summed E-state index contributed by atoms with van der Waals surface area (Å²) in [5, 5.41) is 36.6. The lowest BCUT2D eigenvalue weighted by Crippen LogP contribution is -2.25. The van der Waals surface area contributed by atoms with Gasteiger partial charge in [0.15, 0.2) is 46.0 Å². The van der Waals surface area contributed by atoms with Crippen LogP contribution in [0, 0.1) is 0 Å². The number of amides is 4. The SMILES string of the molecule is CCCCNC(=O)c1cc(OCc2cn(CCCNC(=O)c3cc(OCCCS(=O)(=O)O)c(OCCCC)c(OCCCS(=O)(=O)O)c3)nn2)c(OCc2cn(CCCNC(=O)c3cc(OCCCS(=O)(=O)O)c(OCCCS(=O)(=O)O)c(OCCCS(=O)(=O)O)c3)nn2)c(OCc2cn(CCCNC(=O)c3cc(OCCCS(=O)(=O)O)c(OCCCS(=O)(=O)O)c(OCCCS(=O)(=O)O)c3)nn2)c1. The second-order valence-corrected chi connectivity index (χ2v) is 43.1. The van der Waals surface area contributed by atoms with Crippen molar-refractivity contribution >= 4 is 105 Å². The van der Waals surface area contributed by atoms with Crippen LogP contribution in [0.25, 0.3) is 0 Å². The highest BCUT2D eigenvalue weighted by atomic mass is 32.2. The minimum atomic E-state index is -4.45. The average molecular weight is 2130 g/mol. The third-order valence-corrected chi connectivity index (χ3v) is 25.0. The van der Waals surface area contributed by atoms with Crippen LogP contribution in [-0.4, -0.2) is 304 Å². The molecule has 0 saturated heterocycles. The first kappa shape index (κ1) is 115. The van der Waals surface area contributed by atoms with E-state index in [1.807, 2.05) is 13.8 Å². The van der Waals surface area contributed by atoms with Crippen molar-refractivity contribution in [1.82, 2.24) is 66.2 Å². The van der Waals surface area contributed by atoms with Crippen molar-refractivity contribution in [2.75, 3.05) is 132 Å². The molecule has 0 saturated carbocycles. The van der Waals surface area contributed by atoms with Gasteiger partial charge in [0, 0.05) is 68.1 Å². The minimum Gasteiger partial charge on any atom is -0.489 e. The third-order valence-electron chi connectivity index (χ3n) is 18.5. The van der Waals surface area contributed by atoms with Gasteiger partial charge in [0.05, 0.1) is 124 Å². The smallest absolute Gasteiger partial charge is 0.264 e. The van der Waals surface area contributed by atoms with E-state index >= 15 is 0 Å². The van der Waals surface area contributed by atoms with E-state index in [4.69, 9.17) is 56.8 Å². The van der Waals surface area contributed by atoms with Gasteiger partial charge >= 0.3 is 0 Å². The molecule has 3 aromatic heterocycles. The molecule has 0 atom stereocenters. The molecule has 0 spiro atoms. The van der Waals surface area contributed by atoms with Crippen LogP contribution in [0.5, 0.6) is 69.0 Å². The maximum atomic E-state index is 14.1. The Hall–Kier alpha value is -10.9. The predicted octanol–water partition coefficient (Wildman–Crippen LogP) is 3.62. The Labute approximate surface area is 802 Å². The van der Waals surface area contributed by atoms with E-state index in [-0.39, 0.29) is 264 Å². The van der Waals surface area contributed by atoms with Gasteiger partial charge in [-0.05, 0) is 132 Å². The van der Waals surface area contributed by atoms with Crippen LogP contribution < -0.4 is 78.1 Å². The van der Waals surface area contributed by atoms with E-state index in [1.165, 1.54) is 75.0 Å². The number of nitrogens with one attached hydrogen (secondary N) is 4. The molecule has 3 heterocycles. The summed E-state index contributed by atoms with van der Waals surface area (Å²) in [5.74, 6) is -10.1. The number of carbonyl (C=O) groups excluding carboxylic acids is 4. The van der Waals surface area contributed by atoms with Gasteiger partial charge < -0.3 is 78.1 Å². The molecule has 0 aliphatic rings. The number of ether oxygens (including phenoxy) is 12. The molecule has 4 aromatic carbocycles. The minimum absolute atomic E-state index is 0.0141. The summed E-state index contributed by atoms with van der Waals surface area (Å²) in [6, 6.07) is 10.2. The molecule has 778 valence electrons. The summed E-state index contributed by atoms with van der Waals surface area (Å²) in [6.45, 7) is 0.654. The zero-order valence-electron chi connectivity index (χ0n) is 75.5. The van der Waals surface area contributed by atoms with Gasteiger partial charge in [0.2, 0.25) is 23.0 Å². The lowest BCUT2D eigenvalue weighted by Gasteiger charge is -2.19. The number of carbonyl (C=O) groups is 4. The lowest BCUT2D eigenvalue weighted by atomic mass is 10.1. The molecular formula is C78H113N13O40S8. The largest absolute Gasteiger partial charge is 0.489 e. The maximum Gasteiger partial charge on any atom is 0.264 e. The Morgan fingerprint density at radius 3 is 0.662 bits per heavy atom. The highest BCUT2D eigenvalue weighted by molar-refractivity contribution is 7.87. The van der Waals surface area contributed by atoms with E-state index in [0.717, 1.165) is 0 Å². The summed E-state index contributed by atoms with van der Waals surface area (Å²) in [6.07, 6.45) is 5.82. The number of rotatable bonds is 72. The molecule has 0 unspecified atom stereocenters. The van der Waals surface area contributed by atoms with Crippen LogP contribution in [0.15, 0.2) is 67.1 Å². The fraction of sp³-hybridized carbons (Fsp3) is 0.564. The van der Waals surface area contributed by atoms with Crippen molar-refractivity contribution in [1.29, 1.82) is 0 Å². The van der Waals surface area contributed by atoms with Gasteiger partial charge in [0.1, 0.15) is 36.9 Å². The van der Waals surface area contributed by atoms with Crippen LogP contribution in [0.4, 0.5) is 0 Å². The molecule has 0 bridgehead atoms. The molecule has 53 nitrogen and oxygen atoms in total. The van der Waals surface area contributed by atoms with Gasteiger partial charge in [-0.1, -0.05) is 42.3 Å². The lowest BCUT2D eigenvalue weighted by molar-refractivity contribution is 0.0943. The number of unbranched alkanes of at least 4 members (excludes halogenated alkanes) is 2. The first-order valence-corrected chi connectivity index (χ1v) is 56.0. The second kappa shape index (κ2) is 55.9. The van der Waals surface area contributed by atoms with Gasteiger partial charge in [-0.25, -0.2) is 0 Å². The molecule has 61 heteroatoms. The molecule has 7 aromatic rings. The fourth-order valence-corrected chi connectivity index (χ4v) is 15.9. The highest BCUT2D eigenvalue weighted by Gasteiger charge is 2.28. The fourth-order valence-electron chi connectivity index (χ4n) is 12.1. The van der Waals surface area contributed by atoms with E-state index in [2.05, 4.69) is 52.2 Å². The van der Waals surface area contributed by atoms with Crippen molar-refractivity contribution in [3.63, 3.8) is 0 Å². The zero-order valence-corrected chi connectivity index (χ0v) is 82.0. The molecule has 0 aliphatic heterocycles. The average Bonchev–Trinajstić information content (AvgIpc) is 1.01. The Morgan fingerprint density at radius 1 is 0.259 bits per heavy atom. The zero-order chi connectivity index (χ0) is 102. The Morgan fingerprint density at radius 2 is 0.446 bits per heavy atom. The standard InChI is InChI=1S/C78H113N13O40S8/c1-3-5-18-79-75(92)59-48-69(129-53-60-50-89(86-83-60)22-7-19-80-76(93)56-42-63(120-26-10-34-132(96,97)98)71(126-25-6-4-2)64(43-56)121-27-11-35-133(99,100)101)74(131-55-62-52-91(88-85-62)24-9-21-82-78(95)58-46-67(124-30-14-38-136(108,109)110)73(128-33-17-41-139(117,118)119)68(47-58)125-31-15-39-137(111,112)113)70(49-59)130-54-61-51-90(87-84-61)23-8-20-81-77(94)57-44-65(122-28-12-36-134(102,103)104)72(127-32-16-40-138(114,115)116)66(45-57)123-29-13-37-135(105,106)107/h42-52H,3-41,53-55H2,1-2H3,(H,79,92)(H,80,93)(H,81,94)(H,82,95)(H,96,97,98)(H,99,100,101)(H,102,103,104)(H,105,106,107)(H,108,109,110)(H,111,112,113)(H,114,115,116)(H,117,118,119). The molecule has 7 rings (SSSR count). The number of hydrogen-bond acceptors (Lipinski definition) is 38. The molecular weight excluding hydrogens is 2020 g/mol. The summed E-state index contributed by atoms with van der Waals surface area (Å²) >= 11 is 0. The van der Waals surface area contributed by atoms with Gasteiger partial charge in [-0.15, -0.1) is 15.3 Å². The number of nitrogens with zero attached hydrogens (tertiary/aromatic N) is 9. The number of aryl methyl sites for hydroxylation is 3. The number of hydrogen-bond donors (Lipinski definition) is 12. The summed E-state index contributed by atoms with van der Waals surface area (Å²) in [7, 11) is -35.4. The van der Waals surface area contributed by atoms with Crippen LogP contribution in [0.3, 0.4) is 0 Å². The van der Waals surface area contributed by atoms with Crippen LogP contribution >= 0.6 is 0 Å². The highest BCUT2D eigenvalue weighted by Crippen LogP contribution is 2.44. The Balaban J connectivity index is 1.12. The van der Waals surface area contributed by atoms with Crippen molar-refractivity contribution in [3.8, 4) is 69.0 Å². The third kappa shape index (κ3) is 46.8. The maximum absolute atomic E-state index is 14.1. The molecule has 139 heavy (non-hydrogen) atoms. The normalized spacial score (nSPS) is 12.2. The van der Waals surface area contributed by atoms with Crippen LogP contribution in [0.1, 0.15) is 169 Å². The first-order chi connectivity index (χ1) is 65.5. The molecule has 0 fully saturated rings. The number of aromatic nitrogens is 9. The molecule has 0 radical (unpaired) electrons. The van der Waals surface area contributed by atoms with Crippen molar-refractivity contribution in [3.05, 3.63) is 106 Å². The van der Waals surface area contributed by atoms with Crippen molar-refractivity contribution < 1.29 is 180 Å². The topological polar surface area (TPSA) is 754 Å². The molecule has 12 N–H and O–H groups in total. The van der Waals surface area contributed by atoms with Crippen LogP contribution in [0.2, 0.25) is 0 Å². The summed E-state index contributed by atoms with van der Waals surface area (Å²) in [5.41, 5.74) is 0.396. The Kier molecular flexibility index (Phi) is 46.3. The van der Waals surface area contributed by atoms with E-state index in [1.54, 1.807) is 6.20 Å². The number of benzene rings is 4. The van der Waals surface area contributed by atoms with E-state index in [0.29, 0.717) is 25.7 Å². The van der Waals surface area contributed by atoms with Gasteiger partial charge in [0.25, 0.3) is 105 Å².